The molecule has 1 aromatic rings. The molecule has 0 bridgehead atoms. The van der Waals surface area contributed by atoms with Gasteiger partial charge in [0.1, 0.15) is 6.61 Å². The van der Waals surface area contributed by atoms with Crippen LogP contribution in [0.3, 0.4) is 0 Å². The third kappa shape index (κ3) is 2.02. The molecule has 0 unspecified atom stereocenters. The summed E-state index contributed by atoms with van der Waals surface area (Å²) in [6, 6.07) is 5.17. The van der Waals surface area contributed by atoms with Gasteiger partial charge < -0.3 is 10.1 Å². The monoisotopic (exact) mass is 233 g/mol. The van der Waals surface area contributed by atoms with Crippen molar-refractivity contribution in [3.05, 3.63) is 23.8 Å². The van der Waals surface area contributed by atoms with Gasteiger partial charge in [0.05, 0.1) is 16.7 Å². The average Bonchev–Trinajstić information content (AvgIpc) is 2.36. The summed E-state index contributed by atoms with van der Waals surface area (Å²) >= 11 is 0. The molecule has 0 saturated carbocycles. The first-order valence-corrected chi connectivity index (χ1v) is 5.50. The van der Waals surface area contributed by atoms with Crippen molar-refractivity contribution in [3.63, 3.8) is 0 Å². The summed E-state index contributed by atoms with van der Waals surface area (Å²) in [6.07, 6.45) is 0. The molecule has 1 aliphatic heterocycles. The largest absolute Gasteiger partial charge is 0.490 e. The molecule has 0 radical (unpaired) electrons. The van der Waals surface area contributed by atoms with Crippen molar-refractivity contribution < 1.29 is 14.3 Å². The Balaban J connectivity index is 2.50. The predicted octanol–water partition coefficient (Wildman–Crippen LogP) is 2.25. The lowest BCUT2D eigenvalue weighted by Gasteiger charge is -2.18. The van der Waals surface area contributed by atoms with E-state index in [0.717, 1.165) is 0 Å². The van der Waals surface area contributed by atoms with E-state index in [1.165, 1.54) is 6.92 Å². The number of rotatable bonds is 1. The Morgan fingerprint density at radius 3 is 2.76 bits per heavy atom. The zero-order chi connectivity index (χ0) is 12.6. The molecule has 0 fully saturated rings. The number of Topliss-reactive ketones (excluding diaryl/α,β-unsaturated/α-hetero) is 1. The van der Waals surface area contributed by atoms with E-state index >= 15 is 0 Å². The highest BCUT2D eigenvalue weighted by Gasteiger charge is 2.33. The molecule has 4 heteroatoms. The third-order valence-electron chi connectivity index (χ3n) is 2.83. The Morgan fingerprint density at radius 1 is 1.41 bits per heavy atom. The minimum absolute atomic E-state index is 0.0733. The van der Waals surface area contributed by atoms with E-state index in [-0.39, 0.29) is 18.3 Å². The number of fused-ring (bicyclic) bond motifs is 1. The SMILES string of the molecule is CC(=O)c1cccc2c1OCC(C)(C)C(=O)N2. The molecule has 2 rings (SSSR count). The Bertz CT molecular complexity index is 491. The van der Waals surface area contributed by atoms with E-state index in [0.29, 0.717) is 17.0 Å². The van der Waals surface area contributed by atoms with Crippen LogP contribution in [0.1, 0.15) is 31.1 Å². The molecule has 90 valence electrons. The quantitative estimate of drug-likeness (QED) is 0.757. The predicted molar refractivity (Wildman–Crippen MR) is 64.4 cm³/mol. The minimum atomic E-state index is -0.604. The van der Waals surface area contributed by atoms with Crippen LogP contribution < -0.4 is 10.1 Å². The molecule has 0 saturated heterocycles. The third-order valence-corrected chi connectivity index (χ3v) is 2.83. The fourth-order valence-corrected chi connectivity index (χ4v) is 1.68. The lowest BCUT2D eigenvalue weighted by Crippen LogP contribution is -2.33. The minimum Gasteiger partial charge on any atom is -0.490 e. The number of carbonyl (C=O) groups excluding carboxylic acids is 2. The van der Waals surface area contributed by atoms with Crippen molar-refractivity contribution in [1.29, 1.82) is 0 Å². The zero-order valence-corrected chi connectivity index (χ0v) is 10.2. The maximum Gasteiger partial charge on any atom is 0.233 e. The molecule has 17 heavy (non-hydrogen) atoms. The molecule has 1 amide bonds. The van der Waals surface area contributed by atoms with Gasteiger partial charge >= 0.3 is 0 Å². The Kier molecular flexibility index (Phi) is 2.65. The van der Waals surface area contributed by atoms with Gasteiger partial charge in [-0.1, -0.05) is 6.07 Å². The van der Waals surface area contributed by atoms with Crippen molar-refractivity contribution in [1.82, 2.24) is 0 Å². The van der Waals surface area contributed by atoms with Gasteiger partial charge in [0.25, 0.3) is 0 Å². The fraction of sp³-hybridized carbons (Fsp3) is 0.385. The molecule has 4 nitrogen and oxygen atoms in total. The molecular formula is C13H15NO3. The number of amides is 1. The molecular weight excluding hydrogens is 218 g/mol. The van der Waals surface area contributed by atoms with Gasteiger partial charge in [0.15, 0.2) is 11.5 Å². The lowest BCUT2D eigenvalue weighted by molar-refractivity contribution is -0.124. The molecule has 0 atom stereocenters. The second kappa shape index (κ2) is 3.87. The van der Waals surface area contributed by atoms with E-state index in [1.54, 1.807) is 18.2 Å². The topological polar surface area (TPSA) is 55.4 Å². The number of anilines is 1. The highest BCUT2D eigenvalue weighted by Crippen LogP contribution is 2.35. The van der Waals surface area contributed by atoms with E-state index in [2.05, 4.69) is 5.32 Å². The Morgan fingerprint density at radius 2 is 2.12 bits per heavy atom. The summed E-state index contributed by atoms with van der Waals surface area (Å²) in [5, 5.41) is 2.79. The Labute approximate surface area is 100.0 Å². The summed E-state index contributed by atoms with van der Waals surface area (Å²) in [5.74, 6) is 0.298. The van der Waals surface area contributed by atoms with Gasteiger partial charge in [0.2, 0.25) is 5.91 Å². The first-order chi connectivity index (χ1) is 7.92. The number of hydrogen-bond acceptors (Lipinski definition) is 3. The standard InChI is InChI=1S/C13H15NO3/c1-8(15)9-5-4-6-10-11(9)17-7-13(2,3)12(16)14-10/h4-6H,7H2,1-3H3,(H,14,16). The van der Waals surface area contributed by atoms with Crippen LogP contribution >= 0.6 is 0 Å². The van der Waals surface area contributed by atoms with E-state index in [1.807, 2.05) is 13.8 Å². The van der Waals surface area contributed by atoms with Crippen molar-refractivity contribution in [3.8, 4) is 5.75 Å². The molecule has 1 aromatic carbocycles. The van der Waals surface area contributed by atoms with Crippen LogP contribution in [0.4, 0.5) is 5.69 Å². The zero-order valence-electron chi connectivity index (χ0n) is 10.2. The number of ketones is 1. The summed E-state index contributed by atoms with van der Waals surface area (Å²) in [5.41, 5.74) is 0.460. The number of hydrogen-bond donors (Lipinski definition) is 1. The van der Waals surface area contributed by atoms with Crippen molar-refractivity contribution in [2.24, 2.45) is 5.41 Å². The molecule has 1 heterocycles. The van der Waals surface area contributed by atoms with Gasteiger partial charge in [0, 0.05) is 0 Å². The van der Waals surface area contributed by atoms with Crippen LogP contribution in [0.25, 0.3) is 0 Å². The highest BCUT2D eigenvalue weighted by molar-refractivity contribution is 6.02. The summed E-state index contributed by atoms with van der Waals surface area (Å²) < 4.78 is 5.62. The lowest BCUT2D eigenvalue weighted by atomic mass is 9.94. The van der Waals surface area contributed by atoms with Crippen molar-refractivity contribution >= 4 is 17.4 Å². The molecule has 0 spiro atoms. The number of carbonyl (C=O) groups is 2. The van der Waals surface area contributed by atoms with Crippen LogP contribution in [0.15, 0.2) is 18.2 Å². The number of para-hydroxylation sites is 1. The highest BCUT2D eigenvalue weighted by atomic mass is 16.5. The first-order valence-electron chi connectivity index (χ1n) is 5.50. The van der Waals surface area contributed by atoms with Crippen molar-refractivity contribution in [2.75, 3.05) is 11.9 Å². The van der Waals surface area contributed by atoms with Gasteiger partial charge in [-0.25, -0.2) is 0 Å². The number of benzene rings is 1. The van der Waals surface area contributed by atoms with E-state index in [4.69, 9.17) is 4.74 Å². The molecule has 1 aliphatic rings. The maximum atomic E-state index is 11.9. The van der Waals surface area contributed by atoms with Crippen LogP contribution in [0, 0.1) is 5.41 Å². The van der Waals surface area contributed by atoms with Gasteiger partial charge in [-0.15, -0.1) is 0 Å². The average molecular weight is 233 g/mol. The normalized spacial score (nSPS) is 17.5. The van der Waals surface area contributed by atoms with Crippen LogP contribution in [0.5, 0.6) is 5.75 Å². The second-order valence-corrected chi connectivity index (χ2v) is 4.87. The Hall–Kier alpha value is -1.84. The second-order valence-electron chi connectivity index (χ2n) is 4.87. The fourth-order valence-electron chi connectivity index (χ4n) is 1.68. The summed E-state index contributed by atoms with van der Waals surface area (Å²) in [6.45, 7) is 5.36. The van der Waals surface area contributed by atoms with Crippen LogP contribution in [-0.2, 0) is 4.79 Å². The first kappa shape index (κ1) is 11.6. The molecule has 1 N–H and O–H groups in total. The number of ether oxygens (including phenoxy) is 1. The summed E-state index contributed by atoms with van der Waals surface area (Å²) in [4.78, 5) is 23.4. The summed E-state index contributed by atoms with van der Waals surface area (Å²) in [7, 11) is 0. The van der Waals surface area contributed by atoms with E-state index in [9.17, 15) is 9.59 Å². The maximum absolute atomic E-state index is 11.9. The van der Waals surface area contributed by atoms with Gasteiger partial charge in [-0.3, -0.25) is 9.59 Å². The number of nitrogens with one attached hydrogen (secondary N) is 1. The van der Waals surface area contributed by atoms with Crippen LogP contribution in [-0.4, -0.2) is 18.3 Å². The van der Waals surface area contributed by atoms with Gasteiger partial charge in [-0.2, -0.15) is 0 Å². The van der Waals surface area contributed by atoms with Crippen molar-refractivity contribution in [2.45, 2.75) is 20.8 Å². The van der Waals surface area contributed by atoms with E-state index < -0.39 is 5.41 Å². The molecule has 0 aliphatic carbocycles. The smallest absolute Gasteiger partial charge is 0.233 e. The molecule has 0 aromatic heterocycles. The van der Waals surface area contributed by atoms with Gasteiger partial charge in [-0.05, 0) is 32.9 Å². The van der Waals surface area contributed by atoms with Crippen LogP contribution in [0.2, 0.25) is 0 Å².